The highest BCUT2D eigenvalue weighted by Gasteiger charge is 2.70. The predicted octanol–water partition coefficient (Wildman–Crippen LogP) is 4.26. The molecular weight excluding hydrogens is 460 g/mol. The van der Waals surface area contributed by atoms with E-state index < -0.39 is 51.1 Å². The van der Waals surface area contributed by atoms with Gasteiger partial charge in [-0.05, 0) is 34.4 Å². The predicted molar refractivity (Wildman–Crippen MR) is 130 cm³/mol. The quantitative estimate of drug-likeness (QED) is 0.181. The minimum absolute atomic E-state index is 0.0849. The molecule has 2 atom stereocenters. The molecule has 3 aromatic carbocycles. The third kappa shape index (κ3) is 2.50. The number of benzene rings is 3. The number of carbonyl (C=O) groups excluding carboxylic acids is 3. The Morgan fingerprint density at radius 1 is 0.861 bits per heavy atom. The van der Waals surface area contributed by atoms with Gasteiger partial charge in [0.05, 0.1) is 22.4 Å². The second-order valence-corrected chi connectivity index (χ2v) is 9.97. The molecule has 0 N–H and O–H groups in total. The van der Waals surface area contributed by atoms with Crippen molar-refractivity contribution in [1.29, 1.82) is 0 Å². The van der Waals surface area contributed by atoms with Crippen molar-refractivity contribution in [1.82, 2.24) is 0 Å². The maximum absolute atomic E-state index is 14.1. The van der Waals surface area contributed by atoms with Crippen LogP contribution in [0.5, 0.6) is 5.75 Å². The van der Waals surface area contributed by atoms with Crippen molar-refractivity contribution in [2.45, 2.75) is 31.6 Å². The third-order valence-electron chi connectivity index (χ3n) is 8.29. The van der Waals surface area contributed by atoms with E-state index in [1.54, 1.807) is 0 Å². The molecule has 2 bridgehead atoms. The van der Waals surface area contributed by atoms with E-state index >= 15 is 0 Å². The number of nitrogens with zero attached hydrogens (tertiary/aromatic N) is 2. The van der Waals surface area contributed by atoms with Crippen molar-refractivity contribution in [2.24, 2.45) is 11.8 Å². The number of ether oxygens (including phenoxy) is 1. The number of nitro groups is 1. The van der Waals surface area contributed by atoms with Crippen LogP contribution in [0.4, 0.5) is 11.4 Å². The number of nitro benzene ring substituents is 1. The van der Waals surface area contributed by atoms with Crippen LogP contribution >= 0.6 is 0 Å². The average molecular weight is 482 g/mol. The van der Waals surface area contributed by atoms with Crippen LogP contribution in [-0.2, 0) is 25.2 Å². The molecule has 8 heteroatoms. The minimum atomic E-state index is -0.749. The molecule has 0 aromatic heterocycles. The van der Waals surface area contributed by atoms with Gasteiger partial charge in [-0.1, -0.05) is 62.4 Å². The van der Waals surface area contributed by atoms with Crippen LogP contribution in [0.2, 0.25) is 0 Å². The van der Waals surface area contributed by atoms with E-state index in [9.17, 15) is 24.5 Å². The molecule has 0 unspecified atom stereocenters. The fourth-order valence-corrected chi connectivity index (χ4v) is 6.85. The molecule has 8 nitrogen and oxygen atoms in total. The summed E-state index contributed by atoms with van der Waals surface area (Å²) in [5.41, 5.74) is 2.17. The SMILES string of the molecule is CC(=O)Oc1ccc(N2C(=O)[C@@H]3[C@@H](C2=O)C2(C)c4ccccc4C3(C)c3ccccc32)cc1[N+](=O)[O-]. The molecule has 1 aliphatic heterocycles. The summed E-state index contributed by atoms with van der Waals surface area (Å²) >= 11 is 0. The van der Waals surface area contributed by atoms with Gasteiger partial charge in [-0.2, -0.15) is 0 Å². The Bertz CT molecular complexity index is 1400. The molecule has 0 saturated carbocycles. The topological polar surface area (TPSA) is 107 Å². The van der Waals surface area contributed by atoms with E-state index in [1.807, 2.05) is 62.4 Å². The Morgan fingerprint density at radius 2 is 1.31 bits per heavy atom. The van der Waals surface area contributed by atoms with E-state index in [0.717, 1.165) is 40.1 Å². The summed E-state index contributed by atoms with van der Waals surface area (Å²) < 4.78 is 4.96. The normalized spacial score (nSPS) is 27.4. The number of amides is 2. The molecule has 36 heavy (non-hydrogen) atoms. The van der Waals surface area contributed by atoms with E-state index in [2.05, 4.69) is 0 Å². The monoisotopic (exact) mass is 482 g/mol. The summed E-state index contributed by atoms with van der Waals surface area (Å²) in [6.07, 6.45) is 0. The standard InChI is InChI=1S/C28H22N2O6/c1-15(31)36-22-13-12-16(14-21(22)30(34)35)29-25(32)23-24(26(29)33)28(3)19-10-6-4-8-17(19)27(23,2)18-9-5-7-11-20(18)28/h4-14,23-24H,1-3H3/t23-,24-,27?,28?/m0/s1. The first-order valence-electron chi connectivity index (χ1n) is 11.7. The van der Waals surface area contributed by atoms with E-state index in [1.165, 1.54) is 12.1 Å². The summed E-state index contributed by atoms with van der Waals surface area (Å²) in [4.78, 5) is 51.7. The van der Waals surface area contributed by atoms with Gasteiger partial charge in [0.1, 0.15) is 0 Å². The number of rotatable bonds is 3. The van der Waals surface area contributed by atoms with Crippen molar-refractivity contribution >= 4 is 29.2 Å². The maximum atomic E-state index is 14.1. The first kappa shape index (κ1) is 22.2. The lowest BCUT2D eigenvalue weighted by Gasteiger charge is -2.57. The van der Waals surface area contributed by atoms with Gasteiger partial charge in [0.25, 0.3) is 0 Å². The molecule has 1 fully saturated rings. The van der Waals surface area contributed by atoms with Gasteiger partial charge in [-0.25, -0.2) is 4.90 Å². The minimum Gasteiger partial charge on any atom is -0.419 e. The Morgan fingerprint density at radius 3 is 1.69 bits per heavy atom. The van der Waals surface area contributed by atoms with Crippen LogP contribution in [0.25, 0.3) is 0 Å². The van der Waals surface area contributed by atoms with E-state index in [0.29, 0.717) is 0 Å². The highest BCUT2D eigenvalue weighted by Crippen LogP contribution is 2.66. The zero-order valence-corrected chi connectivity index (χ0v) is 19.8. The molecule has 1 saturated heterocycles. The van der Waals surface area contributed by atoms with Gasteiger partial charge in [-0.15, -0.1) is 0 Å². The maximum Gasteiger partial charge on any atom is 0.313 e. The summed E-state index contributed by atoms with van der Waals surface area (Å²) in [5.74, 6) is -3.08. The number of esters is 1. The fourth-order valence-electron chi connectivity index (χ4n) is 6.85. The second-order valence-electron chi connectivity index (χ2n) is 9.97. The van der Waals surface area contributed by atoms with Gasteiger partial charge >= 0.3 is 11.7 Å². The number of hydrogen-bond donors (Lipinski definition) is 0. The van der Waals surface area contributed by atoms with Crippen molar-refractivity contribution in [3.63, 3.8) is 0 Å². The van der Waals surface area contributed by atoms with Gasteiger partial charge in [0.2, 0.25) is 17.6 Å². The van der Waals surface area contributed by atoms with Crippen LogP contribution in [0.3, 0.4) is 0 Å². The molecule has 2 amide bonds. The van der Waals surface area contributed by atoms with E-state index in [4.69, 9.17) is 4.74 Å². The van der Waals surface area contributed by atoms with Gasteiger partial charge < -0.3 is 4.74 Å². The number of carbonyl (C=O) groups is 3. The zero-order chi connectivity index (χ0) is 25.6. The molecule has 3 aliphatic carbocycles. The Kier molecular flexibility index (Phi) is 4.37. The molecular formula is C28H22N2O6. The van der Waals surface area contributed by atoms with Crippen LogP contribution in [0.1, 0.15) is 43.0 Å². The van der Waals surface area contributed by atoms with Crippen molar-refractivity contribution in [2.75, 3.05) is 4.90 Å². The average Bonchev–Trinajstić information content (AvgIpc) is 3.13. The summed E-state index contributed by atoms with van der Waals surface area (Å²) in [5, 5.41) is 11.7. The first-order chi connectivity index (χ1) is 17.1. The van der Waals surface area contributed by atoms with Crippen LogP contribution in [0, 0.1) is 22.0 Å². The van der Waals surface area contributed by atoms with E-state index in [-0.39, 0.29) is 11.4 Å². The first-order valence-corrected chi connectivity index (χ1v) is 11.7. The molecule has 1 heterocycles. The molecule has 0 radical (unpaired) electrons. The van der Waals surface area contributed by atoms with Crippen LogP contribution in [0.15, 0.2) is 66.7 Å². The molecule has 180 valence electrons. The Balaban J connectivity index is 1.56. The summed E-state index contributed by atoms with van der Waals surface area (Å²) in [6, 6.07) is 19.7. The molecule has 4 aliphatic rings. The summed E-state index contributed by atoms with van der Waals surface area (Å²) in [6.45, 7) is 5.17. The van der Waals surface area contributed by atoms with Crippen molar-refractivity contribution < 1.29 is 24.0 Å². The van der Waals surface area contributed by atoms with Crippen LogP contribution in [-0.4, -0.2) is 22.7 Å². The summed E-state index contributed by atoms with van der Waals surface area (Å²) in [7, 11) is 0. The smallest absolute Gasteiger partial charge is 0.313 e. The zero-order valence-electron chi connectivity index (χ0n) is 19.8. The van der Waals surface area contributed by atoms with Crippen molar-refractivity contribution in [3.8, 4) is 5.75 Å². The lowest BCUT2D eigenvalue weighted by molar-refractivity contribution is -0.385. The van der Waals surface area contributed by atoms with Gasteiger partial charge in [0.15, 0.2) is 0 Å². The number of hydrogen-bond acceptors (Lipinski definition) is 6. The van der Waals surface area contributed by atoms with Crippen molar-refractivity contribution in [3.05, 3.63) is 99.1 Å². The highest BCUT2D eigenvalue weighted by atomic mass is 16.6. The molecule has 0 spiro atoms. The van der Waals surface area contributed by atoms with Crippen LogP contribution < -0.4 is 9.64 Å². The number of imide groups is 1. The third-order valence-corrected chi connectivity index (χ3v) is 8.29. The molecule has 3 aromatic rings. The second kappa shape index (κ2) is 7.10. The Labute approximate surface area is 206 Å². The lowest BCUT2D eigenvalue weighted by atomic mass is 9.42. The van der Waals surface area contributed by atoms with Gasteiger partial charge in [0, 0.05) is 23.8 Å². The number of anilines is 1. The fraction of sp³-hybridized carbons (Fsp3) is 0.250. The van der Waals surface area contributed by atoms with Gasteiger partial charge in [-0.3, -0.25) is 24.5 Å². The lowest BCUT2D eigenvalue weighted by Crippen LogP contribution is -2.59. The molecule has 7 rings (SSSR count). The Hall–Kier alpha value is -4.33. The largest absolute Gasteiger partial charge is 0.419 e. The highest BCUT2D eigenvalue weighted by molar-refractivity contribution is 6.24.